The first-order valence-corrected chi connectivity index (χ1v) is 5.65. The Morgan fingerprint density at radius 2 is 2.44 bits per heavy atom. The number of aromatic nitrogens is 1. The number of rotatable bonds is 3. The number of pyridine rings is 1. The van der Waals surface area contributed by atoms with E-state index in [0.717, 1.165) is 26.1 Å². The molecule has 0 bridgehead atoms. The van der Waals surface area contributed by atoms with Crippen molar-refractivity contribution < 1.29 is 4.39 Å². The molecule has 4 heteroatoms. The third-order valence-corrected chi connectivity index (χ3v) is 3.20. The maximum Gasteiger partial charge on any atom is 0.165 e. The van der Waals surface area contributed by atoms with Gasteiger partial charge in [-0.05, 0) is 31.0 Å². The second-order valence-corrected chi connectivity index (χ2v) is 4.82. The maximum atomic E-state index is 13.6. The summed E-state index contributed by atoms with van der Waals surface area (Å²) >= 11 is 0. The maximum absolute atomic E-state index is 13.6. The minimum absolute atomic E-state index is 0.221. The highest BCUT2D eigenvalue weighted by atomic mass is 19.1. The number of anilines is 1. The molecule has 1 fully saturated rings. The summed E-state index contributed by atoms with van der Waals surface area (Å²) in [7, 11) is 1.95. The van der Waals surface area contributed by atoms with Gasteiger partial charge in [0.05, 0.1) is 0 Å². The lowest BCUT2D eigenvalue weighted by atomic mass is 9.90. The van der Waals surface area contributed by atoms with Gasteiger partial charge in [-0.3, -0.25) is 0 Å². The van der Waals surface area contributed by atoms with E-state index in [1.807, 2.05) is 11.9 Å². The van der Waals surface area contributed by atoms with Crippen LogP contribution < -0.4 is 10.2 Å². The summed E-state index contributed by atoms with van der Waals surface area (Å²) in [5.74, 6) is 0.263. The quantitative estimate of drug-likeness (QED) is 0.844. The zero-order valence-electron chi connectivity index (χ0n) is 9.83. The predicted molar refractivity (Wildman–Crippen MR) is 63.1 cm³/mol. The van der Waals surface area contributed by atoms with Gasteiger partial charge in [0.2, 0.25) is 0 Å². The normalized spacial score (nSPS) is 25.1. The summed E-state index contributed by atoms with van der Waals surface area (Å²) in [6.07, 6.45) is 2.72. The number of hydrogen-bond donors (Lipinski definition) is 1. The Hall–Kier alpha value is -1.16. The van der Waals surface area contributed by atoms with Gasteiger partial charge >= 0.3 is 0 Å². The highest BCUT2D eigenvalue weighted by Gasteiger charge is 2.34. The van der Waals surface area contributed by atoms with Crippen LogP contribution in [0.4, 0.5) is 10.2 Å². The first kappa shape index (κ1) is 11.3. The monoisotopic (exact) mass is 223 g/mol. The van der Waals surface area contributed by atoms with E-state index < -0.39 is 0 Å². The van der Waals surface area contributed by atoms with Gasteiger partial charge in [-0.25, -0.2) is 9.37 Å². The van der Waals surface area contributed by atoms with Crippen LogP contribution in [0.3, 0.4) is 0 Å². The van der Waals surface area contributed by atoms with Crippen molar-refractivity contribution in [1.29, 1.82) is 0 Å². The summed E-state index contributed by atoms with van der Waals surface area (Å²) in [5.41, 5.74) is 0.221. The van der Waals surface area contributed by atoms with E-state index in [9.17, 15) is 4.39 Å². The Bertz CT molecular complexity index is 369. The Morgan fingerprint density at radius 3 is 3.12 bits per heavy atom. The summed E-state index contributed by atoms with van der Waals surface area (Å²) in [4.78, 5) is 6.15. The van der Waals surface area contributed by atoms with E-state index in [-0.39, 0.29) is 11.2 Å². The zero-order chi connectivity index (χ0) is 11.6. The lowest BCUT2D eigenvalue weighted by molar-refractivity contribution is 0.355. The van der Waals surface area contributed by atoms with E-state index in [4.69, 9.17) is 0 Å². The molecule has 1 unspecified atom stereocenters. The van der Waals surface area contributed by atoms with Crippen molar-refractivity contribution >= 4 is 5.82 Å². The zero-order valence-corrected chi connectivity index (χ0v) is 9.83. The third kappa shape index (κ3) is 2.16. The van der Waals surface area contributed by atoms with Crippen molar-refractivity contribution in [3.63, 3.8) is 0 Å². The van der Waals surface area contributed by atoms with Crippen LogP contribution in [0.2, 0.25) is 0 Å². The van der Waals surface area contributed by atoms with Gasteiger partial charge in [0.1, 0.15) is 0 Å². The number of nitrogens with zero attached hydrogens (tertiary/aromatic N) is 2. The van der Waals surface area contributed by atoms with Crippen molar-refractivity contribution in [3.05, 3.63) is 24.1 Å². The van der Waals surface area contributed by atoms with Gasteiger partial charge in [0.25, 0.3) is 0 Å². The fraction of sp³-hybridized carbons (Fsp3) is 0.583. The fourth-order valence-corrected chi connectivity index (χ4v) is 2.39. The summed E-state index contributed by atoms with van der Waals surface area (Å²) < 4.78 is 13.6. The van der Waals surface area contributed by atoms with Gasteiger partial charge in [-0.2, -0.15) is 0 Å². The molecule has 1 N–H and O–H groups in total. The highest BCUT2D eigenvalue weighted by Crippen LogP contribution is 2.32. The predicted octanol–water partition coefficient (Wildman–Crippen LogP) is 1.66. The van der Waals surface area contributed by atoms with Crippen molar-refractivity contribution in [2.24, 2.45) is 5.41 Å². The van der Waals surface area contributed by atoms with Gasteiger partial charge in [-0.1, -0.05) is 6.92 Å². The molecular weight excluding hydrogens is 205 g/mol. The largest absolute Gasteiger partial charge is 0.354 e. The van der Waals surface area contributed by atoms with Gasteiger partial charge in [-0.15, -0.1) is 0 Å². The molecule has 2 heterocycles. The molecule has 1 atom stereocenters. The van der Waals surface area contributed by atoms with Crippen LogP contribution in [0.25, 0.3) is 0 Å². The highest BCUT2D eigenvalue weighted by molar-refractivity contribution is 5.41. The topological polar surface area (TPSA) is 28.2 Å². The molecule has 1 aromatic rings. The molecule has 2 rings (SSSR count). The Morgan fingerprint density at radius 1 is 1.62 bits per heavy atom. The SMILES string of the molecule is CNCC1(C)CCN(c2ncccc2F)C1. The van der Waals surface area contributed by atoms with Crippen molar-refractivity contribution in [2.75, 3.05) is 31.6 Å². The molecule has 0 radical (unpaired) electrons. The first-order valence-electron chi connectivity index (χ1n) is 5.65. The van der Waals surface area contributed by atoms with E-state index in [2.05, 4.69) is 17.2 Å². The number of halogens is 1. The van der Waals surface area contributed by atoms with Crippen LogP contribution in [-0.4, -0.2) is 31.7 Å². The second-order valence-electron chi connectivity index (χ2n) is 4.82. The van der Waals surface area contributed by atoms with E-state index in [1.165, 1.54) is 6.07 Å². The average Bonchev–Trinajstić information content (AvgIpc) is 2.62. The van der Waals surface area contributed by atoms with Crippen molar-refractivity contribution in [3.8, 4) is 0 Å². The molecule has 0 aromatic carbocycles. The van der Waals surface area contributed by atoms with Crippen LogP contribution in [0.5, 0.6) is 0 Å². The molecule has 1 aromatic heterocycles. The van der Waals surface area contributed by atoms with E-state index in [0.29, 0.717) is 5.82 Å². The molecule has 88 valence electrons. The summed E-state index contributed by atoms with van der Waals surface area (Å²) in [6, 6.07) is 3.10. The standard InChI is InChI=1S/C12H18FN3/c1-12(8-14-2)5-7-16(9-12)11-10(13)4-3-6-15-11/h3-4,6,14H,5,7-9H2,1-2H3. The smallest absolute Gasteiger partial charge is 0.165 e. The Labute approximate surface area is 95.7 Å². The molecule has 1 aliphatic rings. The number of hydrogen-bond acceptors (Lipinski definition) is 3. The van der Waals surface area contributed by atoms with Gasteiger partial charge in [0.15, 0.2) is 11.6 Å². The molecule has 0 saturated carbocycles. The molecule has 1 saturated heterocycles. The Kier molecular flexibility index (Phi) is 3.10. The summed E-state index contributed by atoms with van der Waals surface area (Å²) in [5, 5.41) is 3.20. The second kappa shape index (κ2) is 4.37. The van der Waals surface area contributed by atoms with E-state index in [1.54, 1.807) is 12.3 Å². The van der Waals surface area contributed by atoms with Gasteiger partial charge < -0.3 is 10.2 Å². The van der Waals surface area contributed by atoms with Crippen molar-refractivity contribution in [1.82, 2.24) is 10.3 Å². The lowest BCUT2D eigenvalue weighted by Crippen LogP contribution is -2.33. The van der Waals surface area contributed by atoms with Crippen molar-refractivity contribution in [2.45, 2.75) is 13.3 Å². The molecule has 16 heavy (non-hydrogen) atoms. The lowest BCUT2D eigenvalue weighted by Gasteiger charge is -2.24. The first-order chi connectivity index (χ1) is 7.64. The number of nitrogens with one attached hydrogen (secondary N) is 1. The van der Waals surface area contributed by atoms with Crippen LogP contribution in [0.15, 0.2) is 18.3 Å². The molecule has 1 aliphatic heterocycles. The fourth-order valence-electron chi connectivity index (χ4n) is 2.39. The third-order valence-electron chi connectivity index (χ3n) is 3.20. The Balaban J connectivity index is 2.12. The average molecular weight is 223 g/mol. The van der Waals surface area contributed by atoms with Crippen LogP contribution in [0.1, 0.15) is 13.3 Å². The molecule has 0 amide bonds. The van der Waals surface area contributed by atoms with E-state index >= 15 is 0 Å². The molecule has 0 aliphatic carbocycles. The van der Waals surface area contributed by atoms with Crippen LogP contribution in [-0.2, 0) is 0 Å². The van der Waals surface area contributed by atoms with Gasteiger partial charge in [0, 0.05) is 25.8 Å². The molecule has 3 nitrogen and oxygen atoms in total. The van der Waals surface area contributed by atoms with Crippen LogP contribution >= 0.6 is 0 Å². The van der Waals surface area contributed by atoms with Crippen LogP contribution in [0, 0.1) is 11.2 Å². The molecule has 0 spiro atoms. The minimum Gasteiger partial charge on any atom is -0.354 e. The summed E-state index contributed by atoms with van der Waals surface area (Å²) in [6.45, 7) is 4.93. The minimum atomic E-state index is -0.226. The molecular formula is C12H18FN3.